The van der Waals surface area contributed by atoms with Crippen LogP contribution in [-0.4, -0.2) is 23.6 Å². The molecule has 0 bridgehead atoms. The number of ether oxygens (including phenoxy) is 2. The summed E-state index contributed by atoms with van der Waals surface area (Å²) in [6, 6.07) is 18.3. The van der Waals surface area contributed by atoms with Gasteiger partial charge in [0.2, 0.25) is 0 Å². The molecule has 0 radical (unpaired) electrons. The normalized spacial score (nSPS) is 10.9. The van der Waals surface area contributed by atoms with Gasteiger partial charge in [-0.25, -0.2) is 4.79 Å². The van der Waals surface area contributed by atoms with Crippen molar-refractivity contribution < 1.29 is 24.2 Å². The van der Waals surface area contributed by atoms with Crippen molar-refractivity contribution in [1.82, 2.24) is 0 Å². The van der Waals surface area contributed by atoms with E-state index in [1.165, 1.54) is 30.3 Å². The summed E-state index contributed by atoms with van der Waals surface area (Å²) in [5, 5.41) is 21.9. The van der Waals surface area contributed by atoms with E-state index in [0.29, 0.717) is 39.8 Å². The van der Waals surface area contributed by atoms with Gasteiger partial charge in [0, 0.05) is 15.2 Å². The van der Waals surface area contributed by atoms with Crippen molar-refractivity contribution in [2.75, 3.05) is 11.9 Å². The lowest BCUT2D eigenvalue weighted by molar-refractivity contribution is -0.112. The Morgan fingerprint density at radius 2 is 1.83 bits per heavy atom. The second-order valence-corrected chi connectivity index (χ2v) is 8.47. The van der Waals surface area contributed by atoms with Crippen LogP contribution < -0.4 is 14.8 Å². The first-order valence-corrected chi connectivity index (χ1v) is 11.6. The lowest BCUT2D eigenvalue weighted by Crippen LogP contribution is -2.14. The van der Waals surface area contributed by atoms with Crippen LogP contribution in [0.4, 0.5) is 5.69 Å². The van der Waals surface area contributed by atoms with Gasteiger partial charge in [-0.15, -0.1) is 0 Å². The molecule has 0 fully saturated rings. The maximum Gasteiger partial charge on any atom is 0.335 e. The Morgan fingerprint density at radius 1 is 1.11 bits per heavy atom. The van der Waals surface area contributed by atoms with Crippen LogP contribution in [0.1, 0.15) is 28.4 Å². The van der Waals surface area contributed by atoms with E-state index < -0.39 is 11.9 Å². The maximum atomic E-state index is 12.7. The van der Waals surface area contributed by atoms with Gasteiger partial charge >= 0.3 is 5.97 Å². The zero-order valence-corrected chi connectivity index (χ0v) is 20.9. The number of hydrogen-bond donors (Lipinski definition) is 2. The molecule has 9 heteroatoms. The molecule has 3 rings (SSSR count). The molecule has 178 valence electrons. The molecule has 0 aliphatic carbocycles. The number of nitrogens with zero attached hydrogens (tertiary/aromatic N) is 1. The number of hydrogen-bond acceptors (Lipinski definition) is 5. The maximum absolute atomic E-state index is 12.7. The molecule has 0 unspecified atom stereocenters. The summed E-state index contributed by atoms with van der Waals surface area (Å²) in [5.74, 6) is -0.868. The number of nitriles is 1. The summed E-state index contributed by atoms with van der Waals surface area (Å²) in [4.78, 5) is 23.8. The molecule has 3 aromatic carbocycles. The van der Waals surface area contributed by atoms with E-state index in [9.17, 15) is 14.9 Å². The average Bonchev–Trinajstić information content (AvgIpc) is 2.84. The predicted molar refractivity (Wildman–Crippen MR) is 137 cm³/mol. The van der Waals surface area contributed by atoms with E-state index in [-0.39, 0.29) is 16.8 Å². The molecule has 1 amide bonds. The summed E-state index contributed by atoms with van der Waals surface area (Å²) in [6.45, 7) is 2.51. The Kier molecular flexibility index (Phi) is 8.90. The molecule has 0 saturated carbocycles. The lowest BCUT2D eigenvalue weighted by Gasteiger charge is -2.14. The van der Waals surface area contributed by atoms with Crippen LogP contribution in [0, 0.1) is 11.3 Å². The molecule has 0 aliphatic heterocycles. The number of amides is 1. The number of carbonyl (C=O) groups is 2. The minimum atomic E-state index is -1.12. The molecule has 0 spiro atoms. The van der Waals surface area contributed by atoms with Crippen LogP contribution >= 0.6 is 27.5 Å². The van der Waals surface area contributed by atoms with E-state index in [0.717, 1.165) is 5.56 Å². The molecular formula is C26H20BrClN2O5. The van der Waals surface area contributed by atoms with Crippen LogP contribution in [0.15, 0.2) is 70.7 Å². The molecule has 0 saturated heterocycles. The number of anilines is 1. The highest BCUT2D eigenvalue weighted by atomic mass is 79.9. The van der Waals surface area contributed by atoms with E-state index in [2.05, 4.69) is 21.2 Å². The fourth-order valence-corrected chi connectivity index (χ4v) is 3.58. The van der Waals surface area contributed by atoms with Crippen molar-refractivity contribution in [2.45, 2.75) is 13.5 Å². The van der Waals surface area contributed by atoms with Gasteiger partial charge in [-0.3, -0.25) is 4.79 Å². The van der Waals surface area contributed by atoms with Crippen LogP contribution in [-0.2, 0) is 11.4 Å². The fraction of sp³-hybridized carbons (Fsp3) is 0.115. The fourth-order valence-electron chi connectivity index (χ4n) is 3.02. The third kappa shape index (κ3) is 7.09. The highest BCUT2D eigenvalue weighted by Gasteiger charge is 2.15. The van der Waals surface area contributed by atoms with Crippen LogP contribution in [0.5, 0.6) is 11.5 Å². The van der Waals surface area contributed by atoms with Gasteiger partial charge in [0.1, 0.15) is 18.2 Å². The molecular weight excluding hydrogens is 536 g/mol. The summed E-state index contributed by atoms with van der Waals surface area (Å²) in [7, 11) is 0. The molecule has 0 aliphatic rings. The number of halogens is 2. The first kappa shape index (κ1) is 25.8. The van der Waals surface area contributed by atoms with Gasteiger partial charge in [0.25, 0.3) is 5.91 Å². The predicted octanol–water partition coefficient (Wildman–Crippen LogP) is 6.32. The quantitative estimate of drug-likeness (QED) is 0.236. The van der Waals surface area contributed by atoms with Crippen LogP contribution in [0.3, 0.4) is 0 Å². The van der Waals surface area contributed by atoms with E-state index in [1.54, 1.807) is 24.3 Å². The van der Waals surface area contributed by atoms with Crippen molar-refractivity contribution in [3.8, 4) is 17.6 Å². The Bertz CT molecular complexity index is 1320. The summed E-state index contributed by atoms with van der Waals surface area (Å²) >= 11 is 9.39. The Morgan fingerprint density at radius 3 is 2.49 bits per heavy atom. The summed E-state index contributed by atoms with van der Waals surface area (Å²) in [6.07, 6.45) is 1.41. The van der Waals surface area contributed by atoms with Crippen molar-refractivity contribution in [3.63, 3.8) is 0 Å². The van der Waals surface area contributed by atoms with Gasteiger partial charge in [0.05, 0.1) is 12.2 Å². The standard InChI is InChI=1S/C26H20BrClN2O5/c1-2-34-23-12-18(22(27)13-24(23)35-15-16-6-8-20(28)9-7-16)10-19(14-29)25(31)30-21-5-3-4-17(11-21)26(32)33/h3-13H,2,15H2,1H3,(H,30,31)(H,32,33)/b19-10-. The number of carboxylic acid groups (broad SMARTS) is 1. The molecule has 3 aromatic rings. The first-order valence-electron chi connectivity index (χ1n) is 10.4. The van der Waals surface area contributed by atoms with Gasteiger partial charge in [0.15, 0.2) is 11.5 Å². The van der Waals surface area contributed by atoms with Gasteiger partial charge < -0.3 is 19.9 Å². The first-order chi connectivity index (χ1) is 16.8. The van der Waals surface area contributed by atoms with E-state index in [4.69, 9.17) is 26.2 Å². The topological polar surface area (TPSA) is 109 Å². The number of carboxylic acids is 1. The second-order valence-electron chi connectivity index (χ2n) is 7.18. The monoisotopic (exact) mass is 554 g/mol. The number of benzene rings is 3. The van der Waals surface area contributed by atoms with Crippen molar-refractivity contribution in [1.29, 1.82) is 5.26 Å². The van der Waals surface area contributed by atoms with Crippen molar-refractivity contribution in [2.24, 2.45) is 0 Å². The Balaban J connectivity index is 1.84. The Hall–Kier alpha value is -3.80. The van der Waals surface area contributed by atoms with Crippen molar-refractivity contribution in [3.05, 3.63) is 92.4 Å². The van der Waals surface area contributed by atoms with E-state index >= 15 is 0 Å². The second kappa shape index (κ2) is 12.1. The smallest absolute Gasteiger partial charge is 0.335 e. The average molecular weight is 556 g/mol. The highest BCUT2D eigenvalue weighted by molar-refractivity contribution is 9.10. The molecule has 7 nitrogen and oxygen atoms in total. The number of aromatic carboxylic acids is 1. The molecule has 0 atom stereocenters. The minimum absolute atomic E-state index is 0.0172. The third-order valence-electron chi connectivity index (χ3n) is 4.70. The van der Waals surface area contributed by atoms with Crippen molar-refractivity contribution >= 4 is 51.2 Å². The van der Waals surface area contributed by atoms with Crippen LogP contribution in [0.2, 0.25) is 5.02 Å². The SMILES string of the molecule is CCOc1cc(/C=C(/C#N)C(=O)Nc2cccc(C(=O)O)c2)c(Br)cc1OCc1ccc(Cl)cc1. The van der Waals surface area contributed by atoms with Gasteiger partial charge in [-0.05, 0) is 66.6 Å². The van der Waals surface area contributed by atoms with E-state index in [1.807, 2.05) is 25.1 Å². The number of rotatable bonds is 9. The molecule has 2 N–H and O–H groups in total. The summed E-state index contributed by atoms with van der Waals surface area (Å²) in [5.41, 5.74) is 1.55. The number of nitrogens with one attached hydrogen (secondary N) is 1. The minimum Gasteiger partial charge on any atom is -0.490 e. The molecule has 35 heavy (non-hydrogen) atoms. The zero-order valence-electron chi connectivity index (χ0n) is 18.5. The summed E-state index contributed by atoms with van der Waals surface area (Å²) < 4.78 is 12.2. The lowest BCUT2D eigenvalue weighted by atomic mass is 10.1. The van der Waals surface area contributed by atoms with Gasteiger partial charge in [-0.1, -0.05) is 45.7 Å². The van der Waals surface area contributed by atoms with Crippen LogP contribution in [0.25, 0.3) is 6.08 Å². The Labute approximate surface area is 215 Å². The molecule has 0 heterocycles. The third-order valence-corrected chi connectivity index (χ3v) is 5.64. The molecule has 0 aromatic heterocycles. The highest BCUT2D eigenvalue weighted by Crippen LogP contribution is 2.35. The number of carbonyl (C=O) groups excluding carboxylic acids is 1. The van der Waals surface area contributed by atoms with Gasteiger partial charge in [-0.2, -0.15) is 5.26 Å². The largest absolute Gasteiger partial charge is 0.490 e. The zero-order chi connectivity index (χ0) is 25.4.